The van der Waals surface area contributed by atoms with Crippen molar-refractivity contribution in [3.8, 4) is 6.07 Å². The quantitative estimate of drug-likeness (QED) is 0.459. The molecule has 0 spiro atoms. The normalized spacial score (nSPS) is 10.7. The average molecular weight is 314 g/mol. The van der Waals surface area contributed by atoms with Gasteiger partial charge >= 0.3 is 0 Å². The molecule has 0 aromatic heterocycles. The van der Waals surface area contributed by atoms with Gasteiger partial charge in [-0.05, 0) is 36.4 Å². The Balaban J connectivity index is 2.10. The van der Waals surface area contributed by atoms with Crippen molar-refractivity contribution in [3.05, 3.63) is 65.9 Å². The van der Waals surface area contributed by atoms with Crippen LogP contribution in [0.1, 0.15) is 0 Å². The zero-order chi connectivity index (χ0) is 16.8. The SMILES string of the molecule is N#C/C(=C/Nc1ccc(F)cc1F)C(=O)Nc1ccc(N)cc1. The molecule has 2 aromatic carbocycles. The highest BCUT2D eigenvalue weighted by Gasteiger charge is 2.10. The first-order chi connectivity index (χ1) is 11.0. The Kier molecular flexibility index (Phi) is 4.89. The smallest absolute Gasteiger partial charge is 0.267 e. The van der Waals surface area contributed by atoms with Crippen LogP contribution in [0.25, 0.3) is 0 Å². The Morgan fingerprint density at radius 2 is 1.87 bits per heavy atom. The first-order valence-corrected chi connectivity index (χ1v) is 6.48. The van der Waals surface area contributed by atoms with Crippen LogP contribution in [0.4, 0.5) is 25.8 Å². The van der Waals surface area contributed by atoms with E-state index >= 15 is 0 Å². The van der Waals surface area contributed by atoms with Gasteiger partial charge in [0, 0.05) is 23.6 Å². The van der Waals surface area contributed by atoms with E-state index in [-0.39, 0.29) is 11.3 Å². The molecule has 0 bridgehead atoms. The molecule has 1 amide bonds. The Labute approximate surface area is 131 Å². The van der Waals surface area contributed by atoms with Gasteiger partial charge in [-0.25, -0.2) is 8.78 Å². The number of amides is 1. The number of carbonyl (C=O) groups excluding carboxylic acids is 1. The van der Waals surface area contributed by atoms with Crippen molar-refractivity contribution >= 4 is 23.0 Å². The van der Waals surface area contributed by atoms with E-state index in [4.69, 9.17) is 11.0 Å². The number of nitrogens with two attached hydrogens (primary N) is 1. The number of hydrogen-bond acceptors (Lipinski definition) is 4. The topological polar surface area (TPSA) is 90.9 Å². The summed E-state index contributed by atoms with van der Waals surface area (Å²) in [4.78, 5) is 12.0. The fourth-order valence-electron chi connectivity index (χ4n) is 1.67. The van der Waals surface area contributed by atoms with Crippen molar-refractivity contribution in [1.29, 1.82) is 5.26 Å². The third-order valence-corrected chi connectivity index (χ3v) is 2.84. The Bertz CT molecular complexity index is 795. The summed E-state index contributed by atoms with van der Waals surface area (Å²) in [7, 11) is 0. The minimum atomic E-state index is -0.836. The van der Waals surface area contributed by atoms with Gasteiger partial charge in [0.25, 0.3) is 5.91 Å². The molecule has 4 N–H and O–H groups in total. The van der Waals surface area contributed by atoms with E-state index in [0.717, 1.165) is 18.3 Å². The van der Waals surface area contributed by atoms with E-state index in [9.17, 15) is 13.6 Å². The van der Waals surface area contributed by atoms with Crippen molar-refractivity contribution in [1.82, 2.24) is 0 Å². The maximum Gasteiger partial charge on any atom is 0.267 e. The van der Waals surface area contributed by atoms with Crippen LogP contribution in [0.15, 0.2) is 54.2 Å². The maximum atomic E-state index is 13.5. The maximum absolute atomic E-state index is 13.5. The van der Waals surface area contributed by atoms with Crippen LogP contribution in [0.3, 0.4) is 0 Å². The monoisotopic (exact) mass is 314 g/mol. The van der Waals surface area contributed by atoms with Crippen LogP contribution in [0.2, 0.25) is 0 Å². The van der Waals surface area contributed by atoms with Gasteiger partial charge in [0.1, 0.15) is 23.3 Å². The summed E-state index contributed by atoms with van der Waals surface area (Å²) in [5, 5.41) is 14.0. The second kappa shape index (κ2) is 7.04. The fourth-order valence-corrected chi connectivity index (χ4v) is 1.67. The number of carbonyl (C=O) groups is 1. The van der Waals surface area contributed by atoms with Crippen LogP contribution < -0.4 is 16.4 Å². The van der Waals surface area contributed by atoms with Crippen molar-refractivity contribution in [2.75, 3.05) is 16.4 Å². The van der Waals surface area contributed by atoms with Gasteiger partial charge in [0.05, 0.1) is 5.69 Å². The molecule has 2 aromatic rings. The number of anilines is 3. The Hall–Kier alpha value is -3.40. The molecule has 0 aliphatic rings. The zero-order valence-corrected chi connectivity index (χ0v) is 11.8. The summed E-state index contributed by atoms with van der Waals surface area (Å²) in [6.07, 6.45) is 1.04. The lowest BCUT2D eigenvalue weighted by Crippen LogP contribution is -2.14. The van der Waals surface area contributed by atoms with Crippen molar-refractivity contribution in [3.63, 3.8) is 0 Å². The molecular formula is C16H12F2N4O. The number of nitriles is 1. The number of benzene rings is 2. The summed E-state index contributed by atoms with van der Waals surface area (Å²) in [6.45, 7) is 0. The van der Waals surface area contributed by atoms with Crippen molar-refractivity contribution in [2.24, 2.45) is 0 Å². The molecule has 23 heavy (non-hydrogen) atoms. The third kappa shape index (κ3) is 4.28. The largest absolute Gasteiger partial charge is 0.399 e. The average Bonchev–Trinajstić information content (AvgIpc) is 2.52. The molecule has 0 fully saturated rings. The number of rotatable bonds is 4. The van der Waals surface area contributed by atoms with Crippen LogP contribution in [0.5, 0.6) is 0 Å². The molecule has 0 heterocycles. The summed E-state index contributed by atoms with van der Waals surface area (Å²) >= 11 is 0. The standard InChI is InChI=1S/C16H12F2N4O/c17-11-1-6-15(14(18)7-11)21-9-10(8-19)16(23)22-13-4-2-12(20)3-5-13/h1-7,9,21H,20H2,(H,22,23)/b10-9-. The molecule has 0 aliphatic carbocycles. The first-order valence-electron chi connectivity index (χ1n) is 6.48. The molecule has 0 saturated heterocycles. The highest BCUT2D eigenvalue weighted by Crippen LogP contribution is 2.16. The number of hydrogen-bond donors (Lipinski definition) is 3. The van der Waals surface area contributed by atoms with Crippen molar-refractivity contribution < 1.29 is 13.6 Å². The molecule has 0 atom stereocenters. The lowest BCUT2D eigenvalue weighted by molar-refractivity contribution is -0.112. The van der Waals surface area contributed by atoms with Crippen LogP contribution >= 0.6 is 0 Å². The van der Waals surface area contributed by atoms with Gasteiger partial charge in [0.2, 0.25) is 0 Å². The molecule has 7 heteroatoms. The molecule has 0 aliphatic heterocycles. The predicted octanol–water partition coefficient (Wildman–Crippen LogP) is 3.01. The van der Waals surface area contributed by atoms with E-state index in [2.05, 4.69) is 10.6 Å². The van der Waals surface area contributed by atoms with E-state index in [1.165, 1.54) is 0 Å². The summed E-state index contributed by atoms with van der Waals surface area (Å²) < 4.78 is 26.3. The van der Waals surface area contributed by atoms with Gasteiger partial charge in [-0.1, -0.05) is 0 Å². The van der Waals surface area contributed by atoms with E-state index in [0.29, 0.717) is 17.4 Å². The van der Waals surface area contributed by atoms with E-state index in [1.807, 2.05) is 0 Å². The fraction of sp³-hybridized carbons (Fsp3) is 0. The number of halogens is 2. The van der Waals surface area contributed by atoms with Gasteiger partial charge in [-0.3, -0.25) is 4.79 Å². The zero-order valence-electron chi connectivity index (χ0n) is 11.8. The summed E-state index contributed by atoms with van der Waals surface area (Å²) in [6, 6.07) is 11.0. The highest BCUT2D eigenvalue weighted by molar-refractivity contribution is 6.06. The number of nitrogens with zero attached hydrogens (tertiary/aromatic N) is 1. The number of nitrogen functional groups attached to an aromatic ring is 1. The molecule has 0 saturated carbocycles. The Morgan fingerprint density at radius 3 is 2.48 bits per heavy atom. The second-order valence-electron chi connectivity index (χ2n) is 4.51. The molecule has 0 radical (unpaired) electrons. The first kappa shape index (κ1) is 16.0. The molecule has 5 nitrogen and oxygen atoms in total. The van der Waals surface area contributed by atoms with Crippen LogP contribution in [-0.2, 0) is 4.79 Å². The Morgan fingerprint density at radius 1 is 1.17 bits per heavy atom. The molecule has 116 valence electrons. The van der Waals surface area contributed by atoms with Gasteiger partial charge in [-0.2, -0.15) is 5.26 Å². The van der Waals surface area contributed by atoms with Crippen LogP contribution in [-0.4, -0.2) is 5.91 Å². The molecular weight excluding hydrogens is 302 g/mol. The van der Waals surface area contributed by atoms with Crippen LogP contribution in [0, 0.1) is 23.0 Å². The van der Waals surface area contributed by atoms with E-state index in [1.54, 1.807) is 30.3 Å². The second-order valence-corrected chi connectivity index (χ2v) is 4.51. The highest BCUT2D eigenvalue weighted by atomic mass is 19.1. The molecule has 2 rings (SSSR count). The van der Waals surface area contributed by atoms with Crippen molar-refractivity contribution in [2.45, 2.75) is 0 Å². The third-order valence-electron chi connectivity index (χ3n) is 2.84. The van der Waals surface area contributed by atoms with Gasteiger partial charge in [-0.15, -0.1) is 0 Å². The minimum Gasteiger partial charge on any atom is -0.399 e. The predicted molar refractivity (Wildman–Crippen MR) is 83.2 cm³/mol. The van der Waals surface area contributed by atoms with Gasteiger partial charge in [0.15, 0.2) is 0 Å². The molecule has 0 unspecified atom stereocenters. The summed E-state index contributed by atoms with van der Waals surface area (Å²) in [5.74, 6) is -2.23. The summed E-state index contributed by atoms with van der Waals surface area (Å²) in [5.41, 5.74) is 6.19. The van der Waals surface area contributed by atoms with Gasteiger partial charge < -0.3 is 16.4 Å². The lowest BCUT2D eigenvalue weighted by atomic mass is 10.2. The van der Waals surface area contributed by atoms with E-state index < -0.39 is 17.5 Å². The minimum absolute atomic E-state index is 0.0561. The number of nitrogens with one attached hydrogen (secondary N) is 2. The lowest BCUT2D eigenvalue weighted by Gasteiger charge is -2.06.